The van der Waals surface area contributed by atoms with E-state index in [0.717, 1.165) is 15.2 Å². The van der Waals surface area contributed by atoms with Crippen LogP contribution in [0.4, 0.5) is 0 Å². The van der Waals surface area contributed by atoms with Gasteiger partial charge in [0.1, 0.15) is 0 Å². The molecule has 0 saturated heterocycles. The van der Waals surface area contributed by atoms with Crippen LogP contribution in [0.25, 0.3) is 20.9 Å². The van der Waals surface area contributed by atoms with Crippen molar-refractivity contribution >= 4 is 54.6 Å². The average molecular weight is 384 g/mol. The van der Waals surface area contributed by atoms with Gasteiger partial charge in [-0.25, -0.2) is 0 Å². The molecule has 0 unspecified atom stereocenters. The highest BCUT2D eigenvalue weighted by molar-refractivity contribution is 7.89. The minimum absolute atomic E-state index is 0.882. The Labute approximate surface area is 162 Å². The number of hydrogen-bond donors (Lipinski definition) is 0. The molecule has 0 atom stereocenters. The van der Waals surface area contributed by atoms with Crippen LogP contribution in [-0.2, 0) is 4.57 Å². The molecule has 0 amide bonds. The highest BCUT2D eigenvalue weighted by Gasteiger charge is 2.31. The largest absolute Gasteiger partial charge is 0.308 e. The van der Waals surface area contributed by atoms with Gasteiger partial charge in [-0.15, -0.1) is 11.3 Å². The van der Waals surface area contributed by atoms with Crippen molar-refractivity contribution in [3.8, 4) is 0 Å². The van der Waals surface area contributed by atoms with Gasteiger partial charge in [0, 0.05) is 20.7 Å². The fourth-order valence-electron chi connectivity index (χ4n) is 3.61. The molecule has 27 heavy (non-hydrogen) atoms. The first-order valence-corrected chi connectivity index (χ1v) is 11.4. The molecule has 0 aliphatic rings. The Bertz CT molecular complexity index is 1250. The molecule has 0 saturated carbocycles. The van der Waals surface area contributed by atoms with Gasteiger partial charge in [0.2, 0.25) is 0 Å². The molecule has 0 spiro atoms. The van der Waals surface area contributed by atoms with E-state index in [4.69, 9.17) is 0 Å². The van der Waals surface area contributed by atoms with Crippen molar-refractivity contribution in [1.82, 2.24) is 0 Å². The first-order chi connectivity index (χ1) is 13.3. The molecule has 0 aliphatic heterocycles. The van der Waals surface area contributed by atoms with Crippen molar-refractivity contribution in [1.29, 1.82) is 0 Å². The Morgan fingerprint density at radius 2 is 1.19 bits per heavy atom. The molecular formula is C24H17OPS. The predicted molar refractivity (Wildman–Crippen MR) is 119 cm³/mol. The summed E-state index contributed by atoms with van der Waals surface area (Å²) in [6.45, 7) is 0. The Morgan fingerprint density at radius 1 is 0.593 bits per heavy atom. The van der Waals surface area contributed by atoms with E-state index in [0.29, 0.717) is 0 Å². The summed E-state index contributed by atoms with van der Waals surface area (Å²) in [5.41, 5.74) is 0. The van der Waals surface area contributed by atoms with E-state index in [2.05, 4.69) is 42.5 Å². The quantitative estimate of drug-likeness (QED) is 0.365. The SMILES string of the molecule is O=P(c1ccccc1)(c1ccccc1)c1cc2c(ccc3ccccc32)s1. The van der Waals surface area contributed by atoms with Crippen molar-refractivity contribution in [2.75, 3.05) is 0 Å². The summed E-state index contributed by atoms with van der Waals surface area (Å²) in [4.78, 5) is 0. The second kappa shape index (κ2) is 6.49. The summed E-state index contributed by atoms with van der Waals surface area (Å²) in [7, 11) is -2.91. The van der Waals surface area contributed by atoms with Gasteiger partial charge < -0.3 is 4.57 Å². The van der Waals surface area contributed by atoms with Gasteiger partial charge >= 0.3 is 0 Å². The van der Waals surface area contributed by atoms with Crippen LogP contribution in [0.3, 0.4) is 0 Å². The van der Waals surface area contributed by atoms with Crippen LogP contribution < -0.4 is 15.2 Å². The molecule has 0 aliphatic carbocycles. The summed E-state index contributed by atoms with van der Waals surface area (Å²) in [6.07, 6.45) is 0. The van der Waals surface area contributed by atoms with Gasteiger partial charge in [-0.05, 0) is 22.9 Å². The monoisotopic (exact) mass is 384 g/mol. The smallest absolute Gasteiger partial charge is 0.180 e. The molecule has 0 bridgehead atoms. The van der Waals surface area contributed by atoms with E-state index in [9.17, 15) is 4.57 Å². The molecule has 0 N–H and O–H groups in total. The standard InChI is InChI=1S/C24H17OPS/c25-26(19-10-3-1-4-11-19,20-12-5-2-6-13-20)24-17-22-21-14-8-7-9-18(21)15-16-23(22)27-24/h1-17H. The molecule has 130 valence electrons. The zero-order valence-corrected chi connectivity index (χ0v) is 16.3. The van der Waals surface area contributed by atoms with Crippen LogP contribution in [0.15, 0.2) is 103 Å². The lowest BCUT2D eigenvalue weighted by molar-refractivity contribution is 0.593. The van der Waals surface area contributed by atoms with Crippen LogP contribution in [0.1, 0.15) is 0 Å². The summed E-state index contributed by atoms with van der Waals surface area (Å²) >= 11 is 1.65. The second-order valence-corrected chi connectivity index (χ2v) is 10.7. The van der Waals surface area contributed by atoms with Gasteiger partial charge in [-0.2, -0.15) is 0 Å². The van der Waals surface area contributed by atoms with Crippen molar-refractivity contribution in [2.24, 2.45) is 0 Å². The van der Waals surface area contributed by atoms with Gasteiger partial charge in [-0.3, -0.25) is 0 Å². The van der Waals surface area contributed by atoms with E-state index in [1.807, 2.05) is 60.7 Å². The number of fused-ring (bicyclic) bond motifs is 3. The first kappa shape index (κ1) is 16.5. The molecule has 5 aromatic rings. The molecular weight excluding hydrogens is 367 g/mol. The van der Waals surface area contributed by atoms with Crippen LogP contribution in [0.2, 0.25) is 0 Å². The van der Waals surface area contributed by atoms with Gasteiger partial charge in [0.05, 0.1) is 4.62 Å². The van der Waals surface area contributed by atoms with Crippen molar-refractivity contribution in [2.45, 2.75) is 0 Å². The fourth-order valence-corrected chi connectivity index (χ4v) is 8.17. The molecule has 5 rings (SSSR count). The third-order valence-corrected chi connectivity index (χ3v) is 9.71. The normalized spacial score (nSPS) is 11.9. The van der Waals surface area contributed by atoms with E-state index >= 15 is 0 Å². The molecule has 1 aromatic heterocycles. The summed E-state index contributed by atoms with van der Waals surface area (Å²) < 4.78 is 16.6. The lowest BCUT2D eigenvalue weighted by atomic mass is 10.1. The zero-order valence-electron chi connectivity index (χ0n) is 14.6. The maximum Gasteiger partial charge on any atom is 0.180 e. The summed E-state index contributed by atoms with van der Waals surface area (Å²) in [5, 5.41) is 5.37. The maximum atomic E-state index is 14.5. The number of thiophene rings is 1. The Morgan fingerprint density at radius 3 is 1.85 bits per heavy atom. The van der Waals surface area contributed by atoms with Crippen molar-refractivity contribution < 1.29 is 4.57 Å². The highest BCUT2D eigenvalue weighted by Crippen LogP contribution is 2.46. The molecule has 1 heterocycles. The van der Waals surface area contributed by atoms with Crippen LogP contribution in [0, 0.1) is 0 Å². The van der Waals surface area contributed by atoms with Crippen molar-refractivity contribution in [3.63, 3.8) is 0 Å². The van der Waals surface area contributed by atoms with E-state index in [1.165, 1.54) is 20.9 Å². The number of hydrogen-bond acceptors (Lipinski definition) is 2. The highest BCUT2D eigenvalue weighted by atomic mass is 32.1. The Balaban J connectivity index is 1.83. The van der Waals surface area contributed by atoms with E-state index in [1.54, 1.807) is 11.3 Å². The molecule has 0 radical (unpaired) electrons. The topological polar surface area (TPSA) is 17.1 Å². The van der Waals surface area contributed by atoms with Gasteiger partial charge in [0.25, 0.3) is 0 Å². The van der Waals surface area contributed by atoms with Crippen LogP contribution in [-0.4, -0.2) is 0 Å². The predicted octanol–water partition coefficient (Wildman–Crippen LogP) is 5.69. The maximum absolute atomic E-state index is 14.5. The minimum atomic E-state index is -2.91. The van der Waals surface area contributed by atoms with E-state index in [-0.39, 0.29) is 0 Å². The first-order valence-electron chi connectivity index (χ1n) is 8.90. The third kappa shape index (κ3) is 2.65. The summed E-state index contributed by atoms with van der Waals surface area (Å²) in [5.74, 6) is 0. The van der Waals surface area contributed by atoms with Crippen LogP contribution >= 0.6 is 18.5 Å². The van der Waals surface area contributed by atoms with Crippen molar-refractivity contribution in [3.05, 3.63) is 103 Å². The van der Waals surface area contributed by atoms with Crippen LogP contribution in [0.5, 0.6) is 0 Å². The average Bonchev–Trinajstić information content (AvgIpc) is 3.20. The Kier molecular flexibility index (Phi) is 3.97. The fraction of sp³-hybridized carbons (Fsp3) is 0. The molecule has 1 nitrogen and oxygen atoms in total. The summed E-state index contributed by atoms with van der Waals surface area (Å²) in [6, 6.07) is 34.6. The van der Waals surface area contributed by atoms with Gasteiger partial charge in [-0.1, -0.05) is 91.0 Å². The van der Waals surface area contributed by atoms with E-state index < -0.39 is 7.14 Å². The lowest BCUT2D eigenvalue weighted by Crippen LogP contribution is -2.23. The second-order valence-electron chi connectivity index (χ2n) is 6.56. The molecule has 4 aromatic carbocycles. The Hall–Kier alpha value is -2.67. The number of rotatable bonds is 3. The third-order valence-electron chi connectivity index (χ3n) is 4.96. The zero-order chi connectivity index (χ0) is 18.3. The minimum Gasteiger partial charge on any atom is -0.308 e. The number of benzene rings is 4. The molecule has 0 fully saturated rings. The molecule has 3 heteroatoms. The lowest BCUT2D eigenvalue weighted by Gasteiger charge is -2.17. The van der Waals surface area contributed by atoms with Gasteiger partial charge in [0.15, 0.2) is 7.14 Å².